The van der Waals surface area contributed by atoms with Crippen LogP contribution < -0.4 is 0 Å². The van der Waals surface area contributed by atoms with Gasteiger partial charge in [-0.25, -0.2) is 0 Å². The highest BCUT2D eigenvalue weighted by atomic mass is 79.9. The van der Waals surface area contributed by atoms with Gasteiger partial charge in [0.1, 0.15) is 0 Å². The normalized spacial score (nSPS) is 23.5. The highest BCUT2D eigenvalue weighted by molar-refractivity contribution is 9.10. The van der Waals surface area contributed by atoms with Crippen molar-refractivity contribution >= 4 is 27.8 Å². The number of carbonyl (C=O) groups is 2. The Morgan fingerprint density at radius 3 is 2.72 bits per heavy atom. The third-order valence-corrected chi connectivity index (χ3v) is 4.06. The van der Waals surface area contributed by atoms with E-state index in [2.05, 4.69) is 15.9 Å². The molecule has 1 heterocycles. The predicted molar refractivity (Wildman–Crippen MR) is 70.1 cm³/mol. The molecule has 5 heteroatoms. The lowest BCUT2D eigenvalue weighted by molar-refractivity contribution is -0.142. The molecule has 0 spiro atoms. The van der Waals surface area contributed by atoms with Crippen LogP contribution in [0.15, 0.2) is 22.7 Å². The number of benzene rings is 1. The van der Waals surface area contributed by atoms with Gasteiger partial charge in [0.25, 0.3) is 0 Å². The largest absolute Gasteiger partial charge is 0.481 e. The third kappa shape index (κ3) is 2.14. The van der Waals surface area contributed by atoms with Gasteiger partial charge in [0.05, 0.1) is 12.0 Å². The van der Waals surface area contributed by atoms with Crippen molar-refractivity contribution in [1.29, 1.82) is 0 Å². The molecule has 0 aromatic heterocycles. The number of carboxylic acid groups (broad SMARTS) is 1. The van der Waals surface area contributed by atoms with Gasteiger partial charge in [-0.05, 0) is 24.1 Å². The molecule has 1 aromatic rings. The molecular formula is C13H14BrNO3. The van der Waals surface area contributed by atoms with E-state index >= 15 is 0 Å². The molecule has 18 heavy (non-hydrogen) atoms. The summed E-state index contributed by atoms with van der Waals surface area (Å²) in [6, 6.07) is 5.35. The van der Waals surface area contributed by atoms with Gasteiger partial charge in [0.15, 0.2) is 0 Å². The molecule has 2 atom stereocenters. The fourth-order valence-corrected chi connectivity index (χ4v) is 3.12. The Bertz CT molecular complexity index is 515. The molecule has 0 aliphatic carbocycles. The molecule has 1 aliphatic heterocycles. The van der Waals surface area contributed by atoms with E-state index in [4.69, 9.17) is 0 Å². The molecule has 1 fully saturated rings. The van der Waals surface area contributed by atoms with Gasteiger partial charge in [-0.3, -0.25) is 9.59 Å². The van der Waals surface area contributed by atoms with Gasteiger partial charge >= 0.3 is 5.97 Å². The molecule has 1 aliphatic rings. The molecule has 0 radical (unpaired) electrons. The van der Waals surface area contributed by atoms with E-state index in [1.54, 1.807) is 7.05 Å². The number of halogens is 1. The van der Waals surface area contributed by atoms with E-state index in [0.717, 1.165) is 15.6 Å². The second-order valence-electron chi connectivity index (χ2n) is 4.62. The Morgan fingerprint density at radius 2 is 2.17 bits per heavy atom. The number of hydrogen-bond donors (Lipinski definition) is 1. The minimum absolute atomic E-state index is 0.0663. The van der Waals surface area contributed by atoms with Gasteiger partial charge in [-0.2, -0.15) is 0 Å². The number of hydrogen-bond acceptors (Lipinski definition) is 2. The number of rotatable bonds is 2. The Kier molecular flexibility index (Phi) is 3.43. The van der Waals surface area contributed by atoms with Crippen LogP contribution in [0.5, 0.6) is 0 Å². The van der Waals surface area contributed by atoms with E-state index in [1.165, 1.54) is 4.90 Å². The van der Waals surface area contributed by atoms with Gasteiger partial charge in [0.2, 0.25) is 5.91 Å². The Morgan fingerprint density at radius 1 is 1.50 bits per heavy atom. The highest BCUT2D eigenvalue weighted by Gasteiger charge is 2.43. The number of carboxylic acids is 1. The van der Waals surface area contributed by atoms with Crippen molar-refractivity contribution in [2.45, 2.75) is 19.4 Å². The van der Waals surface area contributed by atoms with Crippen LogP contribution in [0.1, 0.15) is 23.6 Å². The van der Waals surface area contributed by atoms with Crippen LogP contribution in [0.4, 0.5) is 0 Å². The molecule has 1 aromatic carbocycles. The van der Waals surface area contributed by atoms with Gasteiger partial charge < -0.3 is 10.0 Å². The van der Waals surface area contributed by atoms with Gasteiger partial charge in [-0.1, -0.05) is 28.1 Å². The number of nitrogens with zero attached hydrogens (tertiary/aromatic N) is 1. The lowest BCUT2D eigenvalue weighted by Crippen LogP contribution is -2.27. The van der Waals surface area contributed by atoms with Crippen molar-refractivity contribution < 1.29 is 14.7 Å². The summed E-state index contributed by atoms with van der Waals surface area (Å²) >= 11 is 3.45. The number of aryl methyl sites for hydroxylation is 1. The number of amides is 1. The summed E-state index contributed by atoms with van der Waals surface area (Å²) in [5.74, 6) is -1.73. The summed E-state index contributed by atoms with van der Waals surface area (Å²) in [7, 11) is 1.65. The first-order chi connectivity index (χ1) is 8.41. The topological polar surface area (TPSA) is 57.6 Å². The lowest BCUT2D eigenvalue weighted by Gasteiger charge is -2.24. The maximum absolute atomic E-state index is 11.7. The Labute approximate surface area is 114 Å². The standard InChI is InChI=1S/C13H14BrNO3/c1-7-3-4-8(10(14)5-7)12-9(13(17)18)6-11(16)15(12)2/h3-5,9,12H,6H2,1-2H3,(H,17,18). The van der Waals surface area contributed by atoms with E-state index in [-0.39, 0.29) is 12.3 Å². The van der Waals surface area contributed by atoms with Crippen LogP contribution in [0.25, 0.3) is 0 Å². The first-order valence-corrected chi connectivity index (χ1v) is 6.45. The second kappa shape index (κ2) is 4.72. The molecule has 0 bridgehead atoms. The molecule has 1 saturated heterocycles. The molecule has 4 nitrogen and oxygen atoms in total. The average Bonchev–Trinajstić information content (AvgIpc) is 2.57. The Balaban J connectivity index is 2.46. The molecule has 1 amide bonds. The van der Waals surface area contributed by atoms with Gasteiger partial charge in [0, 0.05) is 17.9 Å². The molecule has 2 unspecified atom stereocenters. The van der Waals surface area contributed by atoms with Crippen LogP contribution in [-0.4, -0.2) is 28.9 Å². The molecule has 96 valence electrons. The van der Waals surface area contributed by atoms with Crippen LogP contribution in [0, 0.1) is 12.8 Å². The minimum Gasteiger partial charge on any atom is -0.481 e. The summed E-state index contributed by atoms with van der Waals surface area (Å²) < 4.78 is 0.848. The molecule has 2 rings (SSSR count). The maximum Gasteiger partial charge on any atom is 0.309 e. The van der Waals surface area contributed by atoms with Crippen molar-refractivity contribution in [3.8, 4) is 0 Å². The quantitative estimate of drug-likeness (QED) is 0.912. The van der Waals surface area contributed by atoms with Gasteiger partial charge in [-0.15, -0.1) is 0 Å². The van der Waals surface area contributed by atoms with E-state index in [0.29, 0.717) is 0 Å². The van der Waals surface area contributed by atoms with E-state index in [9.17, 15) is 14.7 Å². The minimum atomic E-state index is -0.926. The van der Waals surface area contributed by atoms with E-state index < -0.39 is 17.9 Å². The summed E-state index contributed by atoms with van der Waals surface area (Å²) in [5, 5.41) is 9.23. The summed E-state index contributed by atoms with van der Waals surface area (Å²) in [4.78, 5) is 24.5. The van der Waals surface area contributed by atoms with Crippen molar-refractivity contribution in [3.63, 3.8) is 0 Å². The highest BCUT2D eigenvalue weighted by Crippen LogP contribution is 2.40. The fourth-order valence-electron chi connectivity index (χ4n) is 2.39. The zero-order valence-corrected chi connectivity index (χ0v) is 11.8. The smallest absolute Gasteiger partial charge is 0.309 e. The number of likely N-dealkylation sites (tertiary alicyclic amines) is 1. The zero-order chi connectivity index (χ0) is 13.4. The monoisotopic (exact) mass is 311 g/mol. The van der Waals surface area contributed by atoms with Crippen molar-refractivity contribution in [2.24, 2.45) is 5.92 Å². The average molecular weight is 312 g/mol. The number of carbonyl (C=O) groups excluding carboxylic acids is 1. The maximum atomic E-state index is 11.7. The second-order valence-corrected chi connectivity index (χ2v) is 5.48. The van der Waals surface area contributed by atoms with E-state index in [1.807, 2.05) is 25.1 Å². The van der Waals surface area contributed by atoms with Crippen LogP contribution in [0.3, 0.4) is 0 Å². The summed E-state index contributed by atoms with van der Waals surface area (Å²) in [5.41, 5.74) is 1.94. The fraction of sp³-hybridized carbons (Fsp3) is 0.385. The van der Waals surface area contributed by atoms with Crippen molar-refractivity contribution in [2.75, 3.05) is 7.05 Å². The zero-order valence-electron chi connectivity index (χ0n) is 10.2. The van der Waals surface area contributed by atoms with Crippen molar-refractivity contribution in [1.82, 2.24) is 4.90 Å². The predicted octanol–water partition coefficient (Wildman–Crippen LogP) is 2.36. The summed E-state index contributed by atoms with van der Waals surface area (Å²) in [6.07, 6.45) is 0.0663. The van der Waals surface area contributed by atoms with Crippen LogP contribution in [0.2, 0.25) is 0 Å². The number of aliphatic carboxylic acids is 1. The molecule has 1 N–H and O–H groups in total. The van der Waals surface area contributed by atoms with Crippen LogP contribution in [-0.2, 0) is 9.59 Å². The molecule has 0 saturated carbocycles. The first kappa shape index (κ1) is 13.1. The molecular weight excluding hydrogens is 298 g/mol. The van der Waals surface area contributed by atoms with Crippen molar-refractivity contribution in [3.05, 3.63) is 33.8 Å². The SMILES string of the molecule is Cc1ccc(C2C(C(=O)O)CC(=O)N2C)c(Br)c1. The van der Waals surface area contributed by atoms with Crippen LogP contribution >= 0.6 is 15.9 Å². The summed E-state index contributed by atoms with van der Waals surface area (Å²) in [6.45, 7) is 1.97. The lowest BCUT2D eigenvalue weighted by atomic mass is 9.93. The third-order valence-electron chi connectivity index (χ3n) is 3.38. The Hall–Kier alpha value is -1.36. The first-order valence-electron chi connectivity index (χ1n) is 5.66.